The number of carbonyl (C=O) groups is 1. The highest BCUT2D eigenvalue weighted by molar-refractivity contribution is 7.07. The van der Waals surface area contributed by atoms with Crippen molar-refractivity contribution in [2.45, 2.75) is 5.92 Å². The minimum Gasteiger partial charge on any atom is -0.466 e. The average molecular weight is 484 g/mol. The van der Waals surface area contributed by atoms with Gasteiger partial charge in [-0.15, -0.1) is 11.3 Å². The molecule has 9 heteroatoms. The molecule has 0 fully saturated rings. The molecular formula is C23H15Cl2N3O3S. The number of hydrogen-bond acceptors (Lipinski definition) is 6. The maximum Gasteiger partial charge on any atom is 0.338 e. The standard InChI is InChI=1S/C23H15Cl2N3O3S/c1-31-23(30)19-18(13-7-3-5-9-16(13)25)14(11-26)22-28(20(19)27)21(29)17(32-22)10-12-6-2-4-8-15(12)24/h2-10,18H,27H2,1H3/b17-10-/t18-/m1/s1. The van der Waals surface area contributed by atoms with Crippen molar-refractivity contribution in [1.29, 1.82) is 5.26 Å². The van der Waals surface area contributed by atoms with Crippen LogP contribution in [0.4, 0.5) is 0 Å². The van der Waals surface area contributed by atoms with Gasteiger partial charge in [-0.05, 0) is 29.3 Å². The van der Waals surface area contributed by atoms with Gasteiger partial charge in [-0.2, -0.15) is 5.26 Å². The highest BCUT2D eigenvalue weighted by Crippen LogP contribution is 2.39. The SMILES string of the molecule is COC(=O)C1=C(N)n2c(s/c(=C\c3ccccc3Cl)c2=O)=C(C#N)[C@H]1c1ccccc1Cl. The molecule has 0 amide bonds. The van der Waals surface area contributed by atoms with E-state index in [1.165, 1.54) is 11.7 Å². The first-order valence-corrected chi connectivity index (χ1v) is 10.9. The zero-order valence-electron chi connectivity index (χ0n) is 16.6. The van der Waals surface area contributed by atoms with Crippen molar-refractivity contribution in [2.75, 3.05) is 7.11 Å². The van der Waals surface area contributed by atoms with E-state index in [4.69, 9.17) is 33.7 Å². The highest BCUT2D eigenvalue weighted by atomic mass is 35.5. The number of fused-ring (bicyclic) bond motifs is 1. The van der Waals surface area contributed by atoms with Crippen molar-refractivity contribution >= 4 is 58.0 Å². The molecule has 1 atom stereocenters. The summed E-state index contributed by atoms with van der Waals surface area (Å²) in [6, 6.07) is 16.1. The zero-order valence-corrected chi connectivity index (χ0v) is 19.0. The second-order valence-corrected chi connectivity index (χ2v) is 8.69. The van der Waals surface area contributed by atoms with E-state index in [0.29, 0.717) is 30.4 Å². The van der Waals surface area contributed by atoms with Crippen LogP contribution in [0.2, 0.25) is 10.0 Å². The molecule has 0 unspecified atom stereocenters. The van der Waals surface area contributed by atoms with Crippen LogP contribution in [0, 0.1) is 11.3 Å². The topological polar surface area (TPSA) is 98.1 Å². The number of aromatic nitrogens is 1. The second kappa shape index (κ2) is 8.67. The summed E-state index contributed by atoms with van der Waals surface area (Å²) in [5.74, 6) is -1.73. The normalized spacial score (nSPS) is 16.0. The molecule has 0 spiro atoms. The van der Waals surface area contributed by atoms with Crippen LogP contribution in [0.5, 0.6) is 0 Å². The Balaban J connectivity index is 2.12. The molecule has 2 N–H and O–H groups in total. The molecule has 0 saturated carbocycles. The van der Waals surface area contributed by atoms with E-state index >= 15 is 0 Å². The fourth-order valence-electron chi connectivity index (χ4n) is 3.62. The third-order valence-electron chi connectivity index (χ3n) is 5.08. The minimum absolute atomic E-state index is 0.0196. The first-order valence-electron chi connectivity index (χ1n) is 9.34. The number of halogens is 2. The van der Waals surface area contributed by atoms with Gasteiger partial charge in [0.15, 0.2) is 0 Å². The van der Waals surface area contributed by atoms with Crippen molar-refractivity contribution in [3.8, 4) is 6.07 Å². The summed E-state index contributed by atoms with van der Waals surface area (Å²) in [5.41, 5.74) is 7.19. The summed E-state index contributed by atoms with van der Waals surface area (Å²) >= 11 is 13.7. The van der Waals surface area contributed by atoms with Crippen LogP contribution in [0.1, 0.15) is 17.0 Å². The molecule has 4 rings (SSSR count). The van der Waals surface area contributed by atoms with E-state index in [1.54, 1.807) is 54.6 Å². The van der Waals surface area contributed by atoms with E-state index in [2.05, 4.69) is 6.07 Å². The number of hydrogen-bond donors (Lipinski definition) is 1. The van der Waals surface area contributed by atoms with Gasteiger partial charge in [0.2, 0.25) is 0 Å². The molecule has 1 aliphatic heterocycles. The molecule has 2 heterocycles. The van der Waals surface area contributed by atoms with Crippen molar-refractivity contribution < 1.29 is 9.53 Å². The zero-order chi connectivity index (χ0) is 23.0. The van der Waals surface area contributed by atoms with Crippen LogP contribution in [0.15, 0.2) is 58.9 Å². The molecule has 2 aromatic carbocycles. The number of nitriles is 1. The largest absolute Gasteiger partial charge is 0.466 e. The molecular weight excluding hydrogens is 469 g/mol. The number of rotatable bonds is 3. The number of benzene rings is 2. The third kappa shape index (κ3) is 3.53. The number of esters is 1. The predicted molar refractivity (Wildman–Crippen MR) is 125 cm³/mol. The van der Waals surface area contributed by atoms with Crippen LogP contribution >= 0.6 is 34.5 Å². The fourth-order valence-corrected chi connectivity index (χ4v) is 5.17. The lowest BCUT2D eigenvalue weighted by molar-refractivity contribution is -0.136. The lowest BCUT2D eigenvalue weighted by atomic mass is 9.84. The van der Waals surface area contributed by atoms with E-state index in [1.807, 2.05) is 0 Å². The minimum atomic E-state index is -0.882. The van der Waals surface area contributed by atoms with Gasteiger partial charge in [-0.25, -0.2) is 4.79 Å². The van der Waals surface area contributed by atoms with Crippen LogP contribution in [0.3, 0.4) is 0 Å². The van der Waals surface area contributed by atoms with Crippen molar-refractivity contribution in [1.82, 2.24) is 4.57 Å². The van der Waals surface area contributed by atoms with E-state index in [-0.39, 0.29) is 17.0 Å². The van der Waals surface area contributed by atoms with E-state index < -0.39 is 17.4 Å². The fraction of sp³-hybridized carbons (Fsp3) is 0.0870. The lowest BCUT2D eigenvalue weighted by Crippen LogP contribution is -2.40. The first-order chi connectivity index (χ1) is 15.4. The van der Waals surface area contributed by atoms with Gasteiger partial charge in [0.1, 0.15) is 10.5 Å². The molecule has 0 radical (unpaired) electrons. The molecule has 0 aliphatic carbocycles. The third-order valence-corrected chi connectivity index (χ3v) is 6.88. The van der Waals surface area contributed by atoms with Gasteiger partial charge >= 0.3 is 5.97 Å². The van der Waals surface area contributed by atoms with Crippen molar-refractivity contribution in [3.05, 3.63) is 94.8 Å². The quantitative estimate of drug-likeness (QED) is 0.577. The lowest BCUT2D eigenvalue weighted by Gasteiger charge is -2.25. The monoisotopic (exact) mass is 483 g/mol. The maximum atomic E-state index is 13.3. The van der Waals surface area contributed by atoms with Gasteiger partial charge in [-0.3, -0.25) is 9.36 Å². The summed E-state index contributed by atoms with van der Waals surface area (Å²) in [6.07, 6.45) is 1.63. The Morgan fingerprint density at radius 1 is 1.19 bits per heavy atom. The Morgan fingerprint density at radius 2 is 1.84 bits per heavy atom. The van der Waals surface area contributed by atoms with E-state index in [9.17, 15) is 14.9 Å². The Hall–Kier alpha value is -3.31. The number of nitrogens with two attached hydrogens (primary N) is 1. The summed E-state index contributed by atoms with van der Waals surface area (Å²) in [7, 11) is 1.21. The van der Waals surface area contributed by atoms with E-state index in [0.717, 1.165) is 11.3 Å². The molecule has 3 aromatic rings. The van der Waals surface area contributed by atoms with Gasteiger partial charge in [0, 0.05) is 10.0 Å². The number of methoxy groups -OCH3 is 1. The summed E-state index contributed by atoms with van der Waals surface area (Å²) < 4.78 is 6.75. The van der Waals surface area contributed by atoms with Crippen LogP contribution in [-0.2, 0) is 9.53 Å². The van der Waals surface area contributed by atoms with Crippen LogP contribution in [-0.4, -0.2) is 17.6 Å². The number of carbonyl (C=O) groups excluding carboxylic acids is 1. The molecule has 0 saturated heterocycles. The number of ether oxygens (including phenoxy) is 1. The molecule has 32 heavy (non-hydrogen) atoms. The van der Waals surface area contributed by atoms with Gasteiger partial charge < -0.3 is 10.5 Å². The Morgan fingerprint density at radius 3 is 2.47 bits per heavy atom. The Bertz CT molecular complexity index is 1510. The molecule has 6 nitrogen and oxygen atoms in total. The van der Waals surface area contributed by atoms with Crippen molar-refractivity contribution in [2.24, 2.45) is 5.73 Å². The van der Waals surface area contributed by atoms with Crippen LogP contribution < -0.4 is 20.5 Å². The summed E-state index contributed by atoms with van der Waals surface area (Å²) in [4.78, 5) is 26.0. The van der Waals surface area contributed by atoms with Crippen LogP contribution in [0.25, 0.3) is 17.5 Å². The molecule has 1 aliphatic rings. The van der Waals surface area contributed by atoms with Gasteiger partial charge in [0.05, 0.1) is 34.8 Å². The Labute approximate surface area is 196 Å². The predicted octanol–water partition coefficient (Wildman–Crippen LogP) is 2.82. The summed E-state index contributed by atoms with van der Waals surface area (Å²) in [6.45, 7) is 0. The average Bonchev–Trinajstić information content (AvgIpc) is 3.11. The molecule has 1 aromatic heterocycles. The van der Waals surface area contributed by atoms with Gasteiger partial charge in [-0.1, -0.05) is 59.6 Å². The number of nitrogens with zero attached hydrogens (tertiary/aromatic N) is 2. The van der Waals surface area contributed by atoms with Crippen molar-refractivity contribution in [3.63, 3.8) is 0 Å². The molecule has 0 bridgehead atoms. The maximum absolute atomic E-state index is 13.3. The number of thiazole rings is 1. The Kier molecular flexibility index (Phi) is 5.94. The second-order valence-electron chi connectivity index (χ2n) is 6.85. The summed E-state index contributed by atoms with van der Waals surface area (Å²) in [5, 5.41) is 10.9. The van der Waals surface area contributed by atoms with Gasteiger partial charge in [0.25, 0.3) is 5.56 Å². The smallest absolute Gasteiger partial charge is 0.338 e. The first kappa shape index (κ1) is 21.9. The molecule has 160 valence electrons. The highest BCUT2D eigenvalue weighted by Gasteiger charge is 2.37.